The first-order chi connectivity index (χ1) is 14.9. The second-order valence-electron chi connectivity index (χ2n) is 9.70. The van der Waals surface area contributed by atoms with Crippen molar-refractivity contribution in [1.29, 1.82) is 0 Å². The maximum Gasteiger partial charge on any atom is 0.204 e. The SMILES string of the molecule is CC(C)Nc1nc2c(F)c(Cl)c(Cl)cc2n1C1CC2COC3(CCCCC3)OCC2C1. The van der Waals surface area contributed by atoms with E-state index in [0.717, 1.165) is 38.9 Å². The highest BCUT2D eigenvalue weighted by molar-refractivity contribution is 6.42. The van der Waals surface area contributed by atoms with Crippen molar-refractivity contribution >= 4 is 40.2 Å². The molecular weight excluding hydrogens is 440 g/mol. The highest BCUT2D eigenvalue weighted by Crippen LogP contribution is 2.47. The summed E-state index contributed by atoms with van der Waals surface area (Å²) in [4.78, 5) is 4.57. The summed E-state index contributed by atoms with van der Waals surface area (Å²) in [6, 6.07) is 2.07. The largest absolute Gasteiger partial charge is 0.353 e. The zero-order valence-corrected chi connectivity index (χ0v) is 19.6. The smallest absolute Gasteiger partial charge is 0.204 e. The quantitative estimate of drug-likeness (QED) is 0.515. The summed E-state index contributed by atoms with van der Waals surface area (Å²) in [6.45, 7) is 5.54. The van der Waals surface area contributed by atoms with E-state index in [1.54, 1.807) is 6.07 Å². The second-order valence-corrected chi connectivity index (χ2v) is 10.5. The Hall–Kier alpha value is -1.08. The van der Waals surface area contributed by atoms with Gasteiger partial charge in [-0.15, -0.1) is 0 Å². The molecule has 31 heavy (non-hydrogen) atoms. The van der Waals surface area contributed by atoms with Crippen molar-refractivity contribution < 1.29 is 13.9 Å². The molecule has 2 atom stereocenters. The zero-order chi connectivity index (χ0) is 21.8. The monoisotopic (exact) mass is 469 g/mol. The second kappa shape index (κ2) is 8.36. The Kier molecular flexibility index (Phi) is 5.87. The van der Waals surface area contributed by atoms with Gasteiger partial charge in [0.15, 0.2) is 11.6 Å². The van der Waals surface area contributed by atoms with Gasteiger partial charge in [-0.2, -0.15) is 0 Å². The molecule has 1 N–H and O–H groups in total. The first-order valence-electron chi connectivity index (χ1n) is 11.5. The molecule has 2 aromatic rings. The molecule has 0 amide bonds. The number of imidazole rings is 1. The third-order valence-electron chi connectivity index (χ3n) is 7.16. The number of fused-ring (bicyclic) bond motifs is 2. The van der Waals surface area contributed by atoms with Crippen LogP contribution in [0.5, 0.6) is 0 Å². The van der Waals surface area contributed by atoms with Gasteiger partial charge in [-0.1, -0.05) is 29.6 Å². The van der Waals surface area contributed by atoms with Crippen molar-refractivity contribution in [2.45, 2.75) is 76.7 Å². The summed E-state index contributed by atoms with van der Waals surface area (Å²) in [5.41, 5.74) is 0.945. The summed E-state index contributed by atoms with van der Waals surface area (Å²) in [5.74, 6) is 0.575. The van der Waals surface area contributed by atoms with Gasteiger partial charge < -0.3 is 19.4 Å². The van der Waals surface area contributed by atoms with Crippen LogP contribution in [0.1, 0.15) is 64.8 Å². The summed E-state index contributed by atoms with van der Waals surface area (Å²) < 4.78 is 29.8. The van der Waals surface area contributed by atoms with Gasteiger partial charge in [0.2, 0.25) is 5.95 Å². The number of ether oxygens (including phenoxy) is 2. The number of hydrogen-bond donors (Lipinski definition) is 1. The molecule has 1 aromatic carbocycles. The molecule has 3 fully saturated rings. The molecule has 1 saturated heterocycles. The van der Waals surface area contributed by atoms with Crippen LogP contribution in [0, 0.1) is 17.7 Å². The third-order valence-corrected chi connectivity index (χ3v) is 7.92. The Labute approximate surface area is 192 Å². The minimum atomic E-state index is -0.562. The predicted octanol–water partition coefficient (Wildman–Crippen LogP) is 6.58. The highest BCUT2D eigenvalue weighted by atomic mass is 35.5. The molecule has 2 heterocycles. The van der Waals surface area contributed by atoms with E-state index in [4.69, 9.17) is 32.7 Å². The molecular formula is C23H30Cl2FN3O2. The van der Waals surface area contributed by atoms with Crippen LogP contribution in [0.15, 0.2) is 6.07 Å². The lowest BCUT2D eigenvalue weighted by molar-refractivity contribution is -0.244. The topological polar surface area (TPSA) is 48.3 Å². The number of benzene rings is 1. The van der Waals surface area contributed by atoms with Gasteiger partial charge in [0, 0.05) is 24.9 Å². The van der Waals surface area contributed by atoms with Crippen molar-refractivity contribution in [3.05, 3.63) is 21.9 Å². The van der Waals surface area contributed by atoms with Crippen LogP contribution in [0.25, 0.3) is 11.0 Å². The molecule has 2 aliphatic carbocycles. The van der Waals surface area contributed by atoms with Crippen molar-refractivity contribution in [1.82, 2.24) is 9.55 Å². The van der Waals surface area contributed by atoms with Gasteiger partial charge in [0.25, 0.3) is 0 Å². The number of anilines is 1. The summed E-state index contributed by atoms with van der Waals surface area (Å²) >= 11 is 12.3. The highest BCUT2D eigenvalue weighted by Gasteiger charge is 2.44. The molecule has 1 spiro atoms. The number of hydrogen-bond acceptors (Lipinski definition) is 4. The summed E-state index contributed by atoms with van der Waals surface area (Å²) in [6.07, 6.45) is 7.53. The Morgan fingerprint density at radius 1 is 1.13 bits per heavy atom. The minimum Gasteiger partial charge on any atom is -0.353 e. The maximum absolute atomic E-state index is 14.9. The summed E-state index contributed by atoms with van der Waals surface area (Å²) in [7, 11) is 0. The van der Waals surface area contributed by atoms with E-state index in [0.29, 0.717) is 23.3 Å². The lowest BCUT2D eigenvalue weighted by atomic mass is 9.94. The van der Waals surface area contributed by atoms with Gasteiger partial charge in [-0.25, -0.2) is 9.37 Å². The molecule has 2 unspecified atom stereocenters. The van der Waals surface area contributed by atoms with E-state index in [1.807, 2.05) is 13.8 Å². The van der Waals surface area contributed by atoms with Gasteiger partial charge >= 0.3 is 0 Å². The molecule has 0 radical (unpaired) electrons. The first-order valence-corrected chi connectivity index (χ1v) is 12.2. The fourth-order valence-electron chi connectivity index (χ4n) is 5.60. The predicted molar refractivity (Wildman–Crippen MR) is 121 cm³/mol. The normalized spacial score (nSPS) is 28.3. The van der Waals surface area contributed by atoms with Crippen molar-refractivity contribution in [3.8, 4) is 0 Å². The molecule has 8 heteroatoms. The van der Waals surface area contributed by atoms with Gasteiger partial charge in [0.1, 0.15) is 5.52 Å². The standard InChI is InChI=1S/C23H30Cl2FN3O2/c1-13(2)27-22-28-21-18(10-17(24)19(25)20(21)26)29(22)16-8-14-11-30-23(6-4-3-5-7-23)31-12-15(14)9-16/h10,13-16H,3-9,11-12H2,1-2H3,(H,27,28). The van der Waals surface area contributed by atoms with Crippen molar-refractivity contribution in [2.24, 2.45) is 11.8 Å². The van der Waals surface area contributed by atoms with E-state index in [9.17, 15) is 4.39 Å². The lowest BCUT2D eigenvalue weighted by Gasteiger charge is -2.36. The average Bonchev–Trinajstić information content (AvgIpc) is 3.26. The Bertz CT molecular complexity index is 956. The Balaban J connectivity index is 1.45. The van der Waals surface area contributed by atoms with Crippen LogP contribution in [0.4, 0.5) is 10.3 Å². The molecule has 170 valence electrons. The molecule has 1 aliphatic heterocycles. The molecule has 1 aromatic heterocycles. The number of halogens is 3. The molecule has 2 saturated carbocycles. The Morgan fingerprint density at radius 2 is 1.77 bits per heavy atom. The van der Waals surface area contributed by atoms with Gasteiger partial charge in [-0.05, 0) is 57.4 Å². The maximum atomic E-state index is 14.9. The Morgan fingerprint density at radius 3 is 2.39 bits per heavy atom. The fourth-order valence-corrected chi connectivity index (χ4v) is 5.93. The number of rotatable bonds is 3. The zero-order valence-electron chi connectivity index (χ0n) is 18.1. The van der Waals surface area contributed by atoms with Gasteiger partial charge in [-0.3, -0.25) is 0 Å². The van der Waals surface area contributed by atoms with Crippen LogP contribution in [-0.2, 0) is 9.47 Å². The fraction of sp³-hybridized carbons (Fsp3) is 0.696. The third kappa shape index (κ3) is 3.94. The van der Waals surface area contributed by atoms with E-state index in [2.05, 4.69) is 14.9 Å². The van der Waals surface area contributed by atoms with Crippen LogP contribution in [-0.4, -0.2) is 34.6 Å². The van der Waals surface area contributed by atoms with Crippen LogP contribution >= 0.6 is 23.2 Å². The number of nitrogens with one attached hydrogen (secondary N) is 1. The first kappa shape index (κ1) is 21.7. The van der Waals surface area contributed by atoms with Gasteiger partial charge in [0.05, 0.1) is 28.8 Å². The molecule has 5 nitrogen and oxygen atoms in total. The molecule has 3 aliphatic rings. The molecule has 0 bridgehead atoms. The lowest BCUT2D eigenvalue weighted by Crippen LogP contribution is -2.38. The van der Waals surface area contributed by atoms with Crippen LogP contribution < -0.4 is 5.32 Å². The summed E-state index contributed by atoms with van der Waals surface area (Å²) in [5, 5.41) is 3.52. The van der Waals surface area contributed by atoms with E-state index in [-0.39, 0.29) is 33.4 Å². The van der Waals surface area contributed by atoms with Crippen molar-refractivity contribution in [2.75, 3.05) is 18.5 Å². The average molecular weight is 470 g/mol. The van der Waals surface area contributed by atoms with Crippen LogP contribution in [0.3, 0.4) is 0 Å². The number of nitrogens with zero attached hydrogens (tertiary/aromatic N) is 2. The van der Waals surface area contributed by atoms with Crippen molar-refractivity contribution in [3.63, 3.8) is 0 Å². The van der Waals surface area contributed by atoms with E-state index in [1.165, 1.54) is 19.3 Å². The van der Waals surface area contributed by atoms with E-state index >= 15 is 0 Å². The number of aromatic nitrogens is 2. The van der Waals surface area contributed by atoms with E-state index < -0.39 is 5.82 Å². The minimum absolute atomic E-state index is 0.0777. The molecule has 5 rings (SSSR count). The van der Waals surface area contributed by atoms with Crippen LogP contribution in [0.2, 0.25) is 10.0 Å².